The average Bonchev–Trinajstić information content (AvgIpc) is 2.03. The Hall–Kier alpha value is -1.18. The van der Waals surface area contributed by atoms with Gasteiger partial charge in [-0.1, -0.05) is 6.07 Å². The van der Waals surface area contributed by atoms with Gasteiger partial charge in [0.05, 0.1) is 11.7 Å². The second-order valence-corrected chi connectivity index (χ2v) is 3.36. The highest BCUT2D eigenvalue weighted by molar-refractivity contribution is 5.59. The van der Waals surface area contributed by atoms with Crippen LogP contribution in [0.5, 0.6) is 5.75 Å². The summed E-state index contributed by atoms with van der Waals surface area (Å²) in [6, 6.07) is 6.62. The smallest absolute Gasteiger partial charge is 0.142 e. The molecule has 0 fully saturated rings. The average molecular weight is 163 g/mol. The van der Waals surface area contributed by atoms with Crippen molar-refractivity contribution in [2.45, 2.75) is 19.9 Å². The fraction of sp³-hybridized carbons (Fsp3) is 0.400. The molecular formula is C10H13NO. The monoisotopic (exact) mass is 163 g/mol. The SMILES string of the molecule is Cc1ccc2c(c1)N[C@H](C)CO2. The highest BCUT2D eigenvalue weighted by Gasteiger charge is 2.13. The normalized spacial score (nSPS) is 20.7. The van der Waals surface area contributed by atoms with Crippen LogP contribution in [-0.4, -0.2) is 12.6 Å². The number of aryl methyl sites for hydroxylation is 1. The molecular weight excluding hydrogens is 150 g/mol. The van der Waals surface area contributed by atoms with Crippen molar-refractivity contribution in [3.8, 4) is 5.75 Å². The van der Waals surface area contributed by atoms with E-state index in [1.165, 1.54) is 5.56 Å². The molecule has 1 atom stereocenters. The van der Waals surface area contributed by atoms with E-state index in [1.807, 2.05) is 6.07 Å². The minimum absolute atomic E-state index is 0.416. The lowest BCUT2D eigenvalue weighted by molar-refractivity contribution is 0.292. The molecule has 0 saturated heterocycles. The molecule has 12 heavy (non-hydrogen) atoms. The molecule has 1 aliphatic rings. The molecule has 1 aliphatic heterocycles. The van der Waals surface area contributed by atoms with E-state index in [0.717, 1.165) is 18.0 Å². The molecule has 0 spiro atoms. The van der Waals surface area contributed by atoms with Crippen molar-refractivity contribution in [1.29, 1.82) is 0 Å². The molecule has 1 aromatic carbocycles. The quantitative estimate of drug-likeness (QED) is 0.633. The molecule has 0 radical (unpaired) electrons. The predicted octanol–water partition coefficient (Wildman–Crippen LogP) is 2.19. The van der Waals surface area contributed by atoms with Crippen LogP contribution in [0.3, 0.4) is 0 Å². The first-order valence-electron chi connectivity index (χ1n) is 4.26. The molecule has 1 aromatic rings. The van der Waals surface area contributed by atoms with Gasteiger partial charge in [-0.2, -0.15) is 0 Å². The van der Waals surface area contributed by atoms with Gasteiger partial charge in [0.2, 0.25) is 0 Å². The number of hydrogen-bond acceptors (Lipinski definition) is 2. The predicted molar refractivity (Wildman–Crippen MR) is 49.8 cm³/mol. The Morgan fingerprint density at radius 3 is 3.17 bits per heavy atom. The number of rotatable bonds is 0. The number of anilines is 1. The van der Waals surface area contributed by atoms with Gasteiger partial charge in [-0.3, -0.25) is 0 Å². The summed E-state index contributed by atoms with van der Waals surface area (Å²) in [4.78, 5) is 0. The van der Waals surface area contributed by atoms with Crippen LogP contribution in [0.15, 0.2) is 18.2 Å². The van der Waals surface area contributed by atoms with Gasteiger partial charge in [0.1, 0.15) is 12.4 Å². The van der Waals surface area contributed by atoms with Gasteiger partial charge in [0, 0.05) is 0 Å². The summed E-state index contributed by atoms with van der Waals surface area (Å²) in [6.07, 6.45) is 0. The van der Waals surface area contributed by atoms with Gasteiger partial charge in [-0.15, -0.1) is 0 Å². The highest BCUT2D eigenvalue weighted by atomic mass is 16.5. The molecule has 64 valence electrons. The number of ether oxygens (including phenoxy) is 1. The second-order valence-electron chi connectivity index (χ2n) is 3.36. The zero-order valence-electron chi connectivity index (χ0n) is 7.42. The number of fused-ring (bicyclic) bond motifs is 1. The number of nitrogens with one attached hydrogen (secondary N) is 1. The molecule has 0 unspecified atom stereocenters. The van der Waals surface area contributed by atoms with Gasteiger partial charge in [-0.05, 0) is 31.5 Å². The van der Waals surface area contributed by atoms with E-state index < -0.39 is 0 Å². The zero-order valence-corrected chi connectivity index (χ0v) is 7.42. The van der Waals surface area contributed by atoms with E-state index in [4.69, 9.17) is 4.74 Å². The van der Waals surface area contributed by atoms with Crippen LogP contribution in [0.25, 0.3) is 0 Å². The van der Waals surface area contributed by atoms with Crippen molar-refractivity contribution < 1.29 is 4.74 Å². The molecule has 1 heterocycles. The first kappa shape index (κ1) is 7.47. The van der Waals surface area contributed by atoms with Crippen molar-refractivity contribution in [1.82, 2.24) is 0 Å². The van der Waals surface area contributed by atoms with Crippen LogP contribution >= 0.6 is 0 Å². The van der Waals surface area contributed by atoms with Gasteiger partial charge >= 0.3 is 0 Å². The van der Waals surface area contributed by atoms with Crippen LogP contribution < -0.4 is 10.1 Å². The van der Waals surface area contributed by atoms with Crippen molar-refractivity contribution in [2.24, 2.45) is 0 Å². The van der Waals surface area contributed by atoms with Crippen LogP contribution in [0.4, 0.5) is 5.69 Å². The van der Waals surface area contributed by atoms with E-state index >= 15 is 0 Å². The Morgan fingerprint density at radius 1 is 1.50 bits per heavy atom. The Labute approximate surface area is 72.5 Å². The third-order valence-corrected chi connectivity index (χ3v) is 2.03. The highest BCUT2D eigenvalue weighted by Crippen LogP contribution is 2.29. The van der Waals surface area contributed by atoms with Gasteiger partial charge in [-0.25, -0.2) is 0 Å². The minimum atomic E-state index is 0.416. The fourth-order valence-electron chi connectivity index (χ4n) is 1.40. The van der Waals surface area contributed by atoms with Gasteiger partial charge < -0.3 is 10.1 Å². The Morgan fingerprint density at radius 2 is 2.33 bits per heavy atom. The summed E-state index contributed by atoms with van der Waals surface area (Å²) >= 11 is 0. The van der Waals surface area contributed by atoms with Gasteiger partial charge in [0.25, 0.3) is 0 Å². The van der Waals surface area contributed by atoms with E-state index in [1.54, 1.807) is 0 Å². The summed E-state index contributed by atoms with van der Waals surface area (Å²) in [5.74, 6) is 0.971. The molecule has 2 rings (SSSR count). The molecule has 0 bridgehead atoms. The van der Waals surface area contributed by atoms with Crippen molar-refractivity contribution >= 4 is 5.69 Å². The van der Waals surface area contributed by atoms with E-state index in [-0.39, 0.29) is 0 Å². The lowest BCUT2D eigenvalue weighted by Gasteiger charge is -2.24. The number of hydrogen-bond donors (Lipinski definition) is 1. The van der Waals surface area contributed by atoms with Crippen molar-refractivity contribution in [2.75, 3.05) is 11.9 Å². The standard InChI is InChI=1S/C10H13NO/c1-7-3-4-10-9(5-7)11-8(2)6-12-10/h3-5,8,11H,6H2,1-2H3/t8-/m1/s1. The lowest BCUT2D eigenvalue weighted by Crippen LogP contribution is -2.28. The van der Waals surface area contributed by atoms with Crippen LogP contribution in [0, 0.1) is 6.92 Å². The maximum atomic E-state index is 5.53. The Kier molecular flexibility index (Phi) is 1.68. The van der Waals surface area contributed by atoms with Crippen molar-refractivity contribution in [3.05, 3.63) is 23.8 Å². The zero-order chi connectivity index (χ0) is 8.55. The van der Waals surface area contributed by atoms with E-state index in [2.05, 4.69) is 31.3 Å². The summed E-state index contributed by atoms with van der Waals surface area (Å²) < 4.78 is 5.53. The van der Waals surface area contributed by atoms with Crippen LogP contribution in [0.1, 0.15) is 12.5 Å². The van der Waals surface area contributed by atoms with Gasteiger partial charge in [0.15, 0.2) is 0 Å². The maximum Gasteiger partial charge on any atom is 0.142 e. The summed E-state index contributed by atoms with van der Waals surface area (Å²) in [5, 5.41) is 3.38. The third-order valence-electron chi connectivity index (χ3n) is 2.03. The van der Waals surface area contributed by atoms with E-state index in [0.29, 0.717) is 6.04 Å². The number of benzene rings is 1. The van der Waals surface area contributed by atoms with Crippen molar-refractivity contribution in [3.63, 3.8) is 0 Å². The molecule has 0 aliphatic carbocycles. The third kappa shape index (κ3) is 1.24. The molecule has 2 nitrogen and oxygen atoms in total. The molecule has 1 N–H and O–H groups in total. The summed E-state index contributed by atoms with van der Waals surface area (Å²) in [7, 11) is 0. The Bertz CT molecular complexity index is 296. The first-order chi connectivity index (χ1) is 5.75. The summed E-state index contributed by atoms with van der Waals surface area (Å²) in [5.41, 5.74) is 2.38. The minimum Gasteiger partial charge on any atom is -0.489 e. The largest absolute Gasteiger partial charge is 0.489 e. The second kappa shape index (κ2) is 2.70. The fourth-order valence-corrected chi connectivity index (χ4v) is 1.40. The topological polar surface area (TPSA) is 21.3 Å². The lowest BCUT2D eigenvalue weighted by atomic mass is 10.1. The molecule has 0 amide bonds. The van der Waals surface area contributed by atoms with Crippen LogP contribution in [0.2, 0.25) is 0 Å². The Balaban J connectivity index is 2.37. The van der Waals surface area contributed by atoms with Crippen LogP contribution in [-0.2, 0) is 0 Å². The maximum absolute atomic E-state index is 5.53. The summed E-state index contributed by atoms with van der Waals surface area (Å²) in [6.45, 7) is 4.96. The van der Waals surface area contributed by atoms with E-state index in [9.17, 15) is 0 Å². The first-order valence-corrected chi connectivity index (χ1v) is 4.26. The molecule has 0 aromatic heterocycles. The molecule has 0 saturated carbocycles. The molecule has 2 heteroatoms.